The van der Waals surface area contributed by atoms with Crippen LogP contribution >= 0.6 is 23.5 Å². The third-order valence-corrected chi connectivity index (χ3v) is 4.37. The van der Waals surface area contributed by atoms with Crippen molar-refractivity contribution in [3.05, 3.63) is 0 Å². The van der Waals surface area contributed by atoms with Crippen molar-refractivity contribution < 1.29 is 57.7 Å². The Morgan fingerprint density at radius 3 is 0.410 bits per heavy atom. The van der Waals surface area contributed by atoms with Crippen LogP contribution in [0.25, 0.3) is 0 Å². The first kappa shape index (κ1) is 52.0. The lowest BCUT2D eigenvalue weighted by Crippen LogP contribution is -1.73. The van der Waals surface area contributed by atoms with Crippen LogP contribution in [0.4, 0.5) is 0 Å². The molecule has 15 heteroatoms. The molecule has 0 amide bonds. The van der Waals surface area contributed by atoms with E-state index in [-0.39, 0.29) is 0 Å². The van der Waals surface area contributed by atoms with Gasteiger partial charge in [-0.3, -0.25) is 0 Å². The Hall–Kier alpha value is 0.330. The third-order valence-electron chi connectivity index (χ3n) is 4.37. The Bertz CT molecular complexity index is 430. The molecule has 0 rings (SSSR count). The smallest absolute Gasteiger partial charge is 0.303 e. The van der Waals surface area contributed by atoms with Gasteiger partial charge in [0.2, 0.25) is 0 Å². The Balaban J connectivity index is -0.0000000850. The van der Waals surface area contributed by atoms with Crippen molar-refractivity contribution in [2.75, 3.05) is 0 Å². The molecule has 0 saturated carbocycles. The average Bonchev–Trinajstić information content (AvgIpc) is 2.75. The minimum atomic E-state index is -4.64. The summed E-state index contributed by atoms with van der Waals surface area (Å²) < 4.78 is 26.6. The van der Waals surface area contributed by atoms with Crippen molar-refractivity contribution in [3.8, 4) is 0 Å². The maximum atomic E-state index is 8.88. The van der Waals surface area contributed by atoms with E-state index < -0.39 is 23.5 Å². The fourth-order valence-electron chi connectivity index (χ4n) is 2.56. The van der Waals surface area contributed by atoms with Gasteiger partial charge in [0.1, 0.15) is 0 Å². The van der Waals surface area contributed by atoms with Crippen molar-refractivity contribution in [1.82, 2.24) is 0 Å². The molecule has 0 aliphatic rings. The molecular weight excluding hydrogens is 573 g/mol. The van der Waals surface area contributed by atoms with E-state index in [1.165, 1.54) is 116 Å². The molecule has 0 aromatic carbocycles. The summed E-state index contributed by atoms with van der Waals surface area (Å²) in [7, 11) is -13.9. The average molecular weight is 637 g/mol. The number of hydrogen-bond acceptors (Lipinski definition) is 3. The van der Waals surface area contributed by atoms with Crippen molar-refractivity contribution in [3.63, 3.8) is 0 Å². The van der Waals surface area contributed by atoms with Crippen molar-refractivity contribution in [1.29, 1.82) is 0 Å². The van der Waals surface area contributed by atoms with Gasteiger partial charge in [-0.15, -0.1) is 0 Å². The van der Waals surface area contributed by atoms with Gasteiger partial charge in [-0.25, -0.2) is 13.7 Å². The lowest BCUT2D eigenvalue weighted by molar-refractivity contribution is 0.272. The molecule has 0 radical (unpaired) electrons. The summed E-state index contributed by atoms with van der Waals surface area (Å²) in [6.45, 7) is 13.5. The summed E-state index contributed by atoms with van der Waals surface area (Å²) in [5, 5.41) is 0. The largest absolute Gasteiger partial charge is 0.466 e. The predicted molar refractivity (Wildman–Crippen MR) is 160 cm³/mol. The molecule has 0 bridgehead atoms. The van der Waals surface area contributed by atoms with Crippen LogP contribution in [0, 0.1) is 0 Å². The van der Waals surface area contributed by atoms with Crippen LogP contribution < -0.4 is 0 Å². The fraction of sp³-hybridized carbons (Fsp3) is 1.00. The SMILES string of the molecule is CCCCCCCC.CCCCCCCC.CCCCCCCC.O=P(O)(O)O.O=P(O)(O)O.O=P(O)(O)O. The highest BCUT2D eigenvalue weighted by Gasteiger charge is 2.01. The molecule has 12 nitrogen and oxygen atoms in total. The van der Waals surface area contributed by atoms with Crippen molar-refractivity contribution in [2.45, 2.75) is 157 Å². The van der Waals surface area contributed by atoms with Gasteiger partial charge in [0.05, 0.1) is 0 Å². The first-order valence-corrected chi connectivity index (χ1v) is 18.8. The number of rotatable bonds is 15. The van der Waals surface area contributed by atoms with Crippen LogP contribution in [0.5, 0.6) is 0 Å². The molecule has 39 heavy (non-hydrogen) atoms. The normalized spacial score (nSPS) is 10.5. The molecule has 246 valence electrons. The lowest BCUT2D eigenvalue weighted by Gasteiger charge is -1.93. The van der Waals surface area contributed by atoms with Gasteiger partial charge in [-0.05, 0) is 0 Å². The van der Waals surface area contributed by atoms with Crippen molar-refractivity contribution in [2.24, 2.45) is 0 Å². The van der Waals surface area contributed by atoms with Gasteiger partial charge >= 0.3 is 23.5 Å². The second-order valence-electron chi connectivity index (χ2n) is 8.78. The van der Waals surface area contributed by atoms with E-state index in [0.29, 0.717) is 0 Å². The van der Waals surface area contributed by atoms with E-state index in [9.17, 15) is 0 Å². The van der Waals surface area contributed by atoms with Crippen LogP contribution in [0.1, 0.15) is 157 Å². The summed E-state index contributed by atoms with van der Waals surface area (Å²) in [5.74, 6) is 0. The minimum Gasteiger partial charge on any atom is -0.303 e. The van der Waals surface area contributed by atoms with Crippen LogP contribution in [0.3, 0.4) is 0 Å². The highest BCUT2D eigenvalue weighted by Crippen LogP contribution is 2.26. The van der Waals surface area contributed by atoms with E-state index in [2.05, 4.69) is 41.5 Å². The van der Waals surface area contributed by atoms with E-state index in [4.69, 9.17) is 57.7 Å². The molecule has 0 atom stereocenters. The standard InChI is InChI=1S/3C8H18.3H3O4P/c3*1-3-5-7-8-6-4-2;3*1-5(2,3)4/h3*3-8H2,1-2H3;3*(H3,1,2,3,4). The second-order valence-corrected chi connectivity index (χ2v) is 11.9. The topological polar surface area (TPSA) is 233 Å². The van der Waals surface area contributed by atoms with E-state index >= 15 is 0 Å². The maximum Gasteiger partial charge on any atom is 0.466 e. The zero-order valence-electron chi connectivity index (χ0n) is 25.3. The molecular formula is C24H63O12P3. The zero-order valence-corrected chi connectivity index (χ0v) is 28.0. The van der Waals surface area contributed by atoms with Gasteiger partial charge in [-0.1, -0.05) is 157 Å². The minimum absolute atomic E-state index is 1.36. The quantitative estimate of drug-likeness (QED) is 0.0635. The molecule has 0 fully saturated rings. The van der Waals surface area contributed by atoms with Crippen LogP contribution in [0.15, 0.2) is 0 Å². The van der Waals surface area contributed by atoms with Crippen LogP contribution in [-0.2, 0) is 13.7 Å². The van der Waals surface area contributed by atoms with Gasteiger partial charge in [0, 0.05) is 0 Å². The lowest BCUT2D eigenvalue weighted by atomic mass is 10.1. The Morgan fingerprint density at radius 2 is 0.359 bits per heavy atom. The van der Waals surface area contributed by atoms with Crippen molar-refractivity contribution >= 4 is 23.5 Å². The van der Waals surface area contributed by atoms with Gasteiger partial charge < -0.3 is 44.0 Å². The Morgan fingerprint density at radius 1 is 0.282 bits per heavy atom. The van der Waals surface area contributed by atoms with E-state index in [1.54, 1.807) is 0 Å². The Kier molecular flexibility index (Phi) is 54.0. The zero-order chi connectivity index (χ0) is 32.2. The number of unbranched alkanes of at least 4 members (excludes halogenated alkanes) is 15. The van der Waals surface area contributed by atoms with Crippen LogP contribution in [-0.4, -0.2) is 44.0 Å². The highest BCUT2D eigenvalue weighted by molar-refractivity contribution is 7.45. The molecule has 0 aliphatic carbocycles. The molecule has 9 N–H and O–H groups in total. The van der Waals surface area contributed by atoms with Gasteiger partial charge in [-0.2, -0.15) is 0 Å². The number of hydrogen-bond donors (Lipinski definition) is 9. The molecule has 0 spiro atoms. The molecule has 0 aliphatic heterocycles. The third kappa shape index (κ3) is 215. The fourth-order valence-corrected chi connectivity index (χ4v) is 2.56. The molecule has 0 saturated heterocycles. The summed E-state index contributed by atoms with van der Waals surface area (Å²) in [6, 6.07) is 0. The van der Waals surface area contributed by atoms with Crippen LogP contribution in [0.2, 0.25) is 0 Å². The molecule has 0 unspecified atom stereocenters. The molecule has 0 aromatic rings. The second kappa shape index (κ2) is 40.5. The van der Waals surface area contributed by atoms with Gasteiger partial charge in [0.25, 0.3) is 0 Å². The van der Waals surface area contributed by atoms with Gasteiger partial charge in [0.15, 0.2) is 0 Å². The molecule has 0 aromatic heterocycles. The summed E-state index contributed by atoms with van der Waals surface area (Å²) in [4.78, 5) is 64.7. The Labute approximate surface area is 238 Å². The summed E-state index contributed by atoms with van der Waals surface area (Å²) >= 11 is 0. The van der Waals surface area contributed by atoms with E-state index in [1.807, 2.05) is 0 Å². The number of phosphoric acid groups is 3. The maximum absolute atomic E-state index is 8.88. The monoisotopic (exact) mass is 636 g/mol. The summed E-state index contributed by atoms with van der Waals surface area (Å²) in [6.07, 6.45) is 25.5. The van der Waals surface area contributed by atoms with E-state index in [0.717, 1.165) is 0 Å². The first-order chi connectivity index (χ1) is 17.7. The first-order valence-electron chi connectivity index (χ1n) is 14.1. The molecule has 0 heterocycles. The summed E-state index contributed by atoms with van der Waals surface area (Å²) in [5.41, 5.74) is 0. The predicted octanol–water partition coefficient (Wildman–Crippen LogP) is 7.31. The highest BCUT2D eigenvalue weighted by atomic mass is 31.2.